The molecule has 0 saturated heterocycles. The SMILES string of the molecule is CNc1cc(C(C)Oc2ccc3[nH]nc(-c4cnn(C)c4)c3c2)c2nccnc2n1. The van der Waals surface area contributed by atoms with Crippen molar-refractivity contribution in [3.05, 3.63) is 54.6 Å². The molecule has 0 fully saturated rings. The molecule has 1 unspecified atom stereocenters. The molecule has 5 rings (SSSR count). The van der Waals surface area contributed by atoms with Crippen molar-refractivity contribution in [2.75, 3.05) is 12.4 Å². The van der Waals surface area contributed by atoms with Gasteiger partial charge >= 0.3 is 0 Å². The zero-order valence-corrected chi connectivity index (χ0v) is 16.8. The first-order chi connectivity index (χ1) is 14.6. The summed E-state index contributed by atoms with van der Waals surface area (Å²) in [4.78, 5) is 13.3. The van der Waals surface area contributed by atoms with Gasteiger partial charge in [-0.3, -0.25) is 14.8 Å². The van der Waals surface area contributed by atoms with Crippen molar-refractivity contribution in [2.45, 2.75) is 13.0 Å². The summed E-state index contributed by atoms with van der Waals surface area (Å²) in [5.74, 6) is 1.46. The molecule has 9 heteroatoms. The quantitative estimate of drug-likeness (QED) is 0.465. The third-order valence-corrected chi connectivity index (χ3v) is 4.99. The van der Waals surface area contributed by atoms with Crippen LogP contribution in [0.25, 0.3) is 33.3 Å². The molecule has 0 amide bonds. The van der Waals surface area contributed by atoms with Crippen molar-refractivity contribution in [1.82, 2.24) is 34.9 Å². The number of pyridine rings is 1. The van der Waals surface area contributed by atoms with Crippen LogP contribution in [0.15, 0.2) is 49.1 Å². The molecular formula is C21H20N8O. The van der Waals surface area contributed by atoms with E-state index in [0.717, 1.165) is 44.8 Å². The lowest BCUT2D eigenvalue weighted by Crippen LogP contribution is -2.07. The van der Waals surface area contributed by atoms with Crippen LogP contribution in [0.2, 0.25) is 0 Å². The Hall–Kier alpha value is -4.01. The summed E-state index contributed by atoms with van der Waals surface area (Å²) in [6.45, 7) is 1.99. The number of H-pyrrole nitrogens is 1. The Balaban J connectivity index is 1.52. The fraction of sp³-hybridized carbons (Fsp3) is 0.190. The summed E-state index contributed by atoms with van der Waals surface area (Å²) in [5.41, 5.74) is 4.95. The van der Waals surface area contributed by atoms with Gasteiger partial charge in [0.25, 0.3) is 0 Å². The summed E-state index contributed by atoms with van der Waals surface area (Å²) < 4.78 is 8.05. The normalized spacial score (nSPS) is 12.4. The largest absolute Gasteiger partial charge is 0.486 e. The van der Waals surface area contributed by atoms with Crippen LogP contribution in [0.1, 0.15) is 18.6 Å². The number of benzene rings is 1. The second-order valence-electron chi connectivity index (χ2n) is 7.02. The van der Waals surface area contributed by atoms with E-state index in [9.17, 15) is 0 Å². The van der Waals surface area contributed by atoms with E-state index in [1.165, 1.54) is 0 Å². The van der Waals surface area contributed by atoms with E-state index < -0.39 is 0 Å². The van der Waals surface area contributed by atoms with Gasteiger partial charge in [0.1, 0.15) is 28.9 Å². The maximum atomic E-state index is 6.30. The van der Waals surface area contributed by atoms with Crippen LogP contribution in [0.3, 0.4) is 0 Å². The number of nitrogens with zero attached hydrogens (tertiary/aromatic N) is 6. The van der Waals surface area contributed by atoms with E-state index >= 15 is 0 Å². The van der Waals surface area contributed by atoms with Crippen LogP contribution >= 0.6 is 0 Å². The van der Waals surface area contributed by atoms with Crippen molar-refractivity contribution >= 4 is 27.9 Å². The number of hydrogen-bond acceptors (Lipinski definition) is 7. The zero-order chi connectivity index (χ0) is 20.7. The first kappa shape index (κ1) is 18.0. The lowest BCUT2D eigenvalue weighted by molar-refractivity contribution is 0.228. The topological polar surface area (TPSA) is 106 Å². The van der Waals surface area contributed by atoms with Crippen molar-refractivity contribution in [1.29, 1.82) is 0 Å². The molecule has 1 atom stereocenters. The highest BCUT2D eigenvalue weighted by Crippen LogP contribution is 2.32. The van der Waals surface area contributed by atoms with Gasteiger partial charge in [0.15, 0.2) is 5.65 Å². The number of aromatic nitrogens is 7. The molecule has 150 valence electrons. The highest BCUT2D eigenvalue weighted by molar-refractivity contribution is 5.93. The molecule has 0 bridgehead atoms. The average Bonchev–Trinajstić information content (AvgIpc) is 3.38. The summed E-state index contributed by atoms with van der Waals surface area (Å²) in [7, 11) is 3.71. The highest BCUT2D eigenvalue weighted by atomic mass is 16.5. The van der Waals surface area contributed by atoms with E-state index in [2.05, 4.69) is 35.6 Å². The van der Waals surface area contributed by atoms with Gasteiger partial charge in [-0.15, -0.1) is 0 Å². The number of rotatable bonds is 5. The van der Waals surface area contributed by atoms with Crippen molar-refractivity contribution in [3.63, 3.8) is 0 Å². The van der Waals surface area contributed by atoms with Gasteiger partial charge in [-0.05, 0) is 31.2 Å². The highest BCUT2D eigenvalue weighted by Gasteiger charge is 2.17. The number of fused-ring (bicyclic) bond motifs is 2. The lowest BCUT2D eigenvalue weighted by atomic mass is 10.1. The van der Waals surface area contributed by atoms with Gasteiger partial charge in [0, 0.05) is 49.2 Å². The van der Waals surface area contributed by atoms with Crippen LogP contribution in [0, 0.1) is 0 Å². The van der Waals surface area contributed by atoms with Crippen molar-refractivity contribution in [3.8, 4) is 17.0 Å². The Labute approximate surface area is 172 Å². The van der Waals surface area contributed by atoms with Gasteiger partial charge in [0.2, 0.25) is 0 Å². The second-order valence-corrected chi connectivity index (χ2v) is 7.02. The summed E-state index contributed by atoms with van der Waals surface area (Å²) in [6, 6.07) is 7.83. The molecule has 0 aliphatic rings. The minimum atomic E-state index is -0.259. The smallest absolute Gasteiger partial charge is 0.180 e. The predicted octanol–water partition coefficient (Wildman–Crippen LogP) is 3.48. The molecule has 9 nitrogen and oxygen atoms in total. The molecule has 0 aliphatic carbocycles. The molecule has 4 aromatic heterocycles. The van der Waals surface area contributed by atoms with Gasteiger partial charge in [-0.25, -0.2) is 9.97 Å². The van der Waals surface area contributed by atoms with Gasteiger partial charge in [-0.1, -0.05) is 0 Å². The predicted molar refractivity (Wildman–Crippen MR) is 114 cm³/mol. The van der Waals surface area contributed by atoms with E-state index in [0.29, 0.717) is 5.65 Å². The maximum Gasteiger partial charge on any atom is 0.180 e. The Morgan fingerprint density at radius 3 is 2.83 bits per heavy atom. The first-order valence-corrected chi connectivity index (χ1v) is 9.55. The van der Waals surface area contributed by atoms with Gasteiger partial charge in [0.05, 0.1) is 11.7 Å². The molecule has 0 saturated carbocycles. The van der Waals surface area contributed by atoms with Gasteiger partial charge in [-0.2, -0.15) is 10.2 Å². The summed E-state index contributed by atoms with van der Waals surface area (Å²) in [5, 5.41) is 15.8. The summed E-state index contributed by atoms with van der Waals surface area (Å²) >= 11 is 0. The minimum absolute atomic E-state index is 0.259. The number of anilines is 1. The summed E-state index contributed by atoms with van der Waals surface area (Å²) in [6.07, 6.45) is 6.78. The molecule has 0 aliphatic heterocycles. The third-order valence-electron chi connectivity index (χ3n) is 4.99. The van der Waals surface area contributed by atoms with Crippen LogP contribution in [0.4, 0.5) is 5.82 Å². The number of aromatic amines is 1. The fourth-order valence-electron chi connectivity index (χ4n) is 3.51. The van der Waals surface area contributed by atoms with E-state index in [1.54, 1.807) is 23.3 Å². The van der Waals surface area contributed by atoms with Gasteiger partial charge < -0.3 is 10.1 Å². The first-order valence-electron chi connectivity index (χ1n) is 9.55. The zero-order valence-electron chi connectivity index (χ0n) is 16.8. The Morgan fingerprint density at radius 2 is 2.03 bits per heavy atom. The van der Waals surface area contributed by atoms with Crippen molar-refractivity contribution in [2.24, 2.45) is 7.05 Å². The number of aryl methyl sites for hydroxylation is 1. The Kier molecular flexibility index (Phi) is 4.27. The Bertz CT molecular complexity index is 1360. The average molecular weight is 400 g/mol. The molecule has 1 aromatic carbocycles. The maximum absolute atomic E-state index is 6.30. The van der Waals surface area contributed by atoms with E-state index in [1.807, 2.05) is 51.5 Å². The van der Waals surface area contributed by atoms with Crippen LogP contribution in [-0.4, -0.2) is 42.0 Å². The van der Waals surface area contributed by atoms with E-state index in [-0.39, 0.29) is 6.10 Å². The van der Waals surface area contributed by atoms with Crippen LogP contribution < -0.4 is 10.1 Å². The van der Waals surface area contributed by atoms with E-state index in [4.69, 9.17) is 4.74 Å². The van der Waals surface area contributed by atoms with Crippen LogP contribution in [0.5, 0.6) is 5.75 Å². The molecule has 5 aromatic rings. The minimum Gasteiger partial charge on any atom is -0.486 e. The third kappa shape index (κ3) is 3.10. The monoisotopic (exact) mass is 400 g/mol. The molecule has 0 radical (unpaired) electrons. The molecule has 2 N–H and O–H groups in total. The standard InChI is InChI=1S/C21H20N8O/c1-12(15-9-18(22-2)26-21-20(15)23-6-7-24-21)30-14-4-5-17-16(8-14)19(28-27-17)13-10-25-29(3)11-13/h4-12H,1-3H3,(H,27,28)(H,22,24,26). The van der Waals surface area contributed by atoms with Crippen molar-refractivity contribution < 1.29 is 4.74 Å². The van der Waals surface area contributed by atoms with Crippen LogP contribution in [-0.2, 0) is 7.05 Å². The lowest BCUT2D eigenvalue weighted by Gasteiger charge is -2.17. The number of hydrogen-bond donors (Lipinski definition) is 2. The molecule has 4 heterocycles. The Morgan fingerprint density at radius 1 is 1.17 bits per heavy atom. The molecular weight excluding hydrogens is 380 g/mol. The molecule has 30 heavy (non-hydrogen) atoms. The number of nitrogens with one attached hydrogen (secondary N) is 2. The fourth-order valence-corrected chi connectivity index (χ4v) is 3.51. The number of ether oxygens (including phenoxy) is 1. The second kappa shape index (κ2) is 7.11. The molecule has 0 spiro atoms.